The molecule has 0 N–H and O–H groups in total. The molecule has 2 aromatic rings. The van der Waals surface area contributed by atoms with Crippen molar-refractivity contribution in [2.45, 2.75) is 6.92 Å². The summed E-state index contributed by atoms with van der Waals surface area (Å²) in [6.45, 7) is 1.91. The van der Waals surface area contributed by atoms with Crippen molar-refractivity contribution in [2.75, 3.05) is 5.88 Å². The first-order chi connectivity index (χ1) is 7.13. The van der Waals surface area contributed by atoms with Gasteiger partial charge in [-0.05, 0) is 24.6 Å². The van der Waals surface area contributed by atoms with Crippen LogP contribution in [0.3, 0.4) is 0 Å². The molecule has 1 heterocycles. The van der Waals surface area contributed by atoms with Crippen molar-refractivity contribution in [3.8, 4) is 0 Å². The molecule has 0 spiro atoms. The lowest BCUT2D eigenvalue weighted by molar-refractivity contribution is 0.102. The first-order valence-electron chi connectivity index (χ1n) is 4.65. The molecule has 0 aliphatic heterocycles. The fraction of sp³-hybridized carbons (Fsp3) is 0.273. The smallest absolute Gasteiger partial charge is 0.177 e. The van der Waals surface area contributed by atoms with Crippen LogP contribution in [0, 0.1) is 6.92 Å². The van der Waals surface area contributed by atoms with Crippen LogP contribution in [0.25, 0.3) is 10.9 Å². The third kappa shape index (κ3) is 1.63. The first-order valence-corrected chi connectivity index (χ1v) is 5.18. The van der Waals surface area contributed by atoms with Gasteiger partial charge in [0.05, 0.1) is 17.6 Å². The maximum absolute atomic E-state index is 11.5. The normalized spacial score (nSPS) is 10.9. The van der Waals surface area contributed by atoms with Gasteiger partial charge in [-0.3, -0.25) is 9.48 Å². The number of carbonyl (C=O) groups is 1. The Bertz CT molecular complexity index is 531. The summed E-state index contributed by atoms with van der Waals surface area (Å²) < 4.78 is 1.79. The van der Waals surface area contributed by atoms with Gasteiger partial charge in [-0.2, -0.15) is 5.10 Å². The van der Waals surface area contributed by atoms with Gasteiger partial charge in [0, 0.05) is 18.0 Å². The van der Waals surface area contributed by atoms with Gasteiger partial charge in [-0.1, -0.05) is 0 Å². The molecule has 0 aliphatic rings. The quantitative estimate of drug-likeness (QED) is 0.577. The van der Waals surface area contributed by atoms with Crippen molar-refractivity contribution in [3.05, 3.63) is 29.5 Å². The monoisotopic (exact) mass is 222 g/mol. The second-order valence-electron chi connectivity index (χ2n) is 3.55. The number of halogens is 1. The molecule has 15 heavy (non-hydrogen) atoms. The topological polar surface area (TPSA) is 34.9 Å². The zero-order chi connectivity index (χ0) is 11.0. The van der Waals surface area contributed by atoms with Crippen LogP contribution in [0.5, 0.6) is 0 Å². The fourth-order valence-corrected chi connectivity index (χ4v) is 1.82. The van der Waals surface area contributed by atoms with Crippen LogP contribution in [0.4, 0.5) is 0 Å². The number of aryl methyl sites for hydroxylation is 2. The van der Waals surface area contributed by atoms with Crippen LogP contribution in [0.15, 0.2) is 18.3 Å². The van der Waals surface area contributed by atoms with Crippen LogP contribution >= 0.6 is 11.6 Å². The summed E-state index contributed by atoms with van der Waals surface area (Å²) in [5.41, 5.74) is 2.65. The fourth-order valence-electron chi connectivity index (χ4n) is 1.68. The van der Waals surface area contributed by atoms with Crippen LogP contribution in [-0.4, -0.2) is 21.4 Å². The Morgan fingerprint density at radius 3 is 2.93 bits per heavy atom. The molecule has 0 radical (unpaired) electrons. The van der Waals surface area contributed by atoms with Crippen molar-refractivity contribution in [1.29, 1.82) is 0 Å². The second kappa shape index (κ2) is 3.66. The molecular formula is C11H11ClN2O. The number of Topliss-reactive ketones (excluding diaryl/α,β-unsaturated/α-hetero) is 1. The van der Waals surface area contributed by atoms with E-state index in [0.717, 1.165) is 16.5 Å². The van der Waals surface area contributed by atoms with Crippen LogP contribution < -0.4 is 0 Å². The average molecular weight is 223 g/mol. The van der Waals surface area contributed by atoms with Gasteiger partial charge in [-0.15, -0.1) is 11.6 Å². The second-order valence-corrected chi connectivity index (χ2v) is 3.82. The summed E-state index contributed by atoms with van der Waals surface area (Å²) in [5, 5.41) is 5.10. The van der Waals surface area contributed by atoms with Crippen molar-refractivity contribution in [2.24, 2.45) is 7.05 Å². The van der Waals surface area contributed by atoms with E-state index >= 15 is 0 Å². The highest BCUT2D eigenvalue weighted by Gasteiger charge is 2.10. The van der Waals surface area contributed by atoms with Gasteiger partial charge >= 0.3 is 0 Å². The minimum absolute atomic E-state index is 0.0204. The minimum Gasteiger partial charge on any atom is -0.293 e. The molecule has 0 aliphatic carbocycles. The van der Waals surface area contributed by atoms with Gasteiger partial charge in [0.15, 0.2) is 5.78 Å². The average Bonchev–Trinajstić information content (AvgIpc) is 2.58. The highest BCUT2D eigenvalue weighted by atomic mass is 35.5. The predicted molar refractivity (Wildman–Crippen MR) is 60.5 cm³/mol. The summed E-state index contributed by atoms with van der Waals surface area (Å²) >= 11 is 5.54. The Kier molecular flexibility index (Phi) is 2.49. The number of ketones is 1. The van der Waals surface area contributed by atoms with E-state index in [9.17, 15) is 4.79 Å². The standard InChI is InChI=1S/C11H11ClN2O/c1-7-3-10-8(6-13-14(10)2)4-9(7)11(15)5-12/h3-4,6H,5H2,1-2H3. The number of hydrogen-bond donors (Lipinski definition) is 0. The third-order valence-corrected chi connectivity index (χ3v) is 2.76. The summed E-state index contributed by atoms with van der Waals surface area (Å²) in [7, 11) is 1.88. The Labute approximate surface area is 92.6 Å². The molecule has 4 heteroatoms. The molecule has 0 fully saturated rings. The van der Waals surface area contributed by atoms with Gasteiger partial charge in [0.25, 0.3) is 0 Å². The number of alkyl halides is 1. The van der Waals surface area contributed by atoms with Crippen molar-refractivity contribution in [3.63, 3.8) is 0 Å². The molecule has 0 unspecified atom stereocenters. The first kappa shape index (κ1) is 10.2. The lowest BCUT2D eigenvalue weighted by Gasteiger charge is -2.03. The Hall–Kier alpha value is -1.35. The molecule has 0 atom stereocenters. The lowest BCUT2D eigenvalue weighted by atomic mass is 10.0. The Morgan fingerprint density at radius 2 is 2.27 bits per heavy atom. The highest BCUT2D eigenvalue weighted by molar-refractivity contribution is 6.30. The van der Waals surface area contributed by atoms with Crippen LogP contribution in [0.2, 0.25) is 0 Å². The van der Waals surface area contributed by atoms with E-state index < -0.39 is 0 Å². The van der Waals surface area contributed by atoms with E-state index in [4.69, 9.17) is 11.6 Å². The zero-order valence-electron chi connectivity index (χ0n) is 8.62. The molecule has 78 valence electrons. The summed E-state index contributed by atoms with van der Waals surface area (Å²) in [6, 6.07) is 3.81. The lowest BCUT2D eigenvalue weighted by Crippen LogP contribution is -2.03. The zero-order valence-corrected chi connectivity index (χ0v) is 9.38. The van der Waals surface area contributed by atoms with E-state index in [2.05, 4.69) is 5.10 Å². The molecule has 3 nitrogen and oxygen atoms in total. The Morgan fingerprint density at radius 1 is 1.53 bits per heavy atom. The van der Waals surface area contributed by atoms with Crippen LogP contribution in [0.1, 0.15) is 15.9 Å². The largest absolute Gasteiger partial charge is 0.293 e. The van der Waals surface area contributed by atoms with Crippen molar-refractivity contribution >= 4 is 28.3 Å². The van der Waals surface area contributed by atoms with Gasteiger partial charge in [0.1, 0.15) is 0 Å². The summed E-state index contributed by atoms with van der Waals surface area (Å²) in [4.78, 5) is 11.5. The van der Waals surface area contributed by atoms with Crippen LogP contribution in [-0.2, 0) is 7.05 Å². The van der Waals surface area contributed by atoms with Gasteiger partial charge < -0.3 is 0 Å². The molecule has 1 aromatic heterocycles. The molecule has 0 saturated heterocycles. The SMILES string of the molecule is Cc1cc2c(cnn2C)cc1C(=O)CCl. The molecule has 1 aromatic carbocycles. The van der Waals surface area contributed by atoms with Crippen molar-refractivity contribution < 1.29 is 4.79 Å². The van der Waals surface area contributed by atoms with E-state index in [1.165, 1.54) is 0 Å². The highest BCUT2D eigenvalue weighted by Crippen LogP contribution is 2.19. The number of hydrogen-bond acceptors (Lipinski definition) is 2. The molecule has 0 saturated carbocycles. The minimum atomic E-state index is -0.0417. The molecular weight excluding hydrogens is 212 g/mol. The number of rotatable bonds is 2. The van der Waals surface area contributed by atoms with Gasteiger partial charge in [-0.25, -0.2) is 0 Å². The Balaban J connectivity index is 2.68. The van der Waals surface area contributed by atoms with Gasteiger partial charge in [0.2, 0.25) is 0 Å². The molecule has 2 rings (SSSR count). The number of nitrogens with zero attached hydrogens (tertiary/aromatic N) is 2. The van der Waals surface area contributed by atoms with E-state index in [1.54, 1.807) is 10.9 Å². The number of carbonyl (C=O) groups excluding carboxylic acids is 1. The summed E-state index contributed by atoms with van der Waals surface area (Å²) in [6.07, 6.45) is 1.75. The number of benzene rings is 1. The van der Waals surface area contributed by atoms with Crippen molar-refractivity contribution in [1.82, 2.24) is 9.78 Å². The van der Waals surface area contributed by atoms with E-state index in [0.29, 0.717) is 5.56 Å². The maximum Gasteiger partial charge on any atom is 0.177 e. The van der Waals surface area contributed by atoms with E-state index in [-0.39, 0.29) is 11.7 Å². The summed E-state index contributed by atoms with van der Waals surface area (Å²) in [5.74, 6) is -0.0213. The number of fused-ring (bicyclic) bond motifs is 1. The molecule has 0 bridgehead atoms. The van der Waals surface area contributed by atoms with E-state index in [1.807, 2.05) is 26.1 Å². The molecule has 0 amide bonds. The predicted octanol–water partition coefficient (Wildman–Crippen LogP) is 2.30. The number of aromatic nitrogens is 2. The maximum atomic E-state index is 11.5. The third-order valence-electron chi connectivity index (χ3n) is 2.51.